The molecule has 0 aliphatic heterocycles. The lowest BCUT2D eigenvalue weighted by molar-refractivity contribution is 0.0514. The number of hydrogen-bond acceptors (Lipinski definition) is 4. The van der Waals surface area contributed by atoms with E-state index >= 15 is 0 Å². The number of carbonyl (C=O) groups excluding carboxylic acids is 1. The van der Waals surface area contributed by atoms with Gasteiger partial charge in [0, 0.05) is 4.47 Å². The van der Waals surface area contributed by atoms with Crippen molar-refractivity contribution in [2.75, 3.05) is 6.61 Å². The molecule has 1 aromatic carbocycles. The number of nitrogens with zero attached hydrogens (tertiary/aromatic N) is 3. The number of halogens is 1. The Kier molecular flexibility index (Phi) is 4.31. The molecule has 0 unspecified atom stereocenters. The van der Waals surface area contributed by atoms with Gasteiger partial charge in [-0.3, -0.25) is 0 Å². The molecule has 0 N–H and O–H groups in total. The molecular formula is C13H14BrN3O2. The topological polar surface area (TPSA) is 57.0 Å². The van der Waals surface area contributed by atoms with Crippen LogP contribution in [0.25, 0.3) is 5.69 Å². The molecule has 6 heteroatoms. The predicted octanol–water partition coefficient (Wildman–Crippen LogP) is 2.77. The summed E-state index contributed by atoms with van der Waals surface area (Å²) in [6, 6.07) is 7.50. The summed E-state index contributed by atoms with van der Waals surface area (Å²) in [5, 5.41) is 8.08. The van der Waals surface area contributed by atoms with Gasteiger partial charge in [0.05, 0.1) is 18.0 Å². The van der Waals surface area contributed by atoms with E-state index in [1.807, 2.05) is 31.2 Å². The first kappa shape index (κ1) is 13.7. The molecule has 0 spiro atoms. The summed E-state index contributed by atoms with van der Waals surface area (Å²) < 4.78 is 7.55. The molecular weight excluding hydrogens is 310 g/mol. The molecule has 0 saturated heterocycles. The Morgan fingerprint density at radius 1 is 1.32 bits per heavy atom. The Morgan fingerprint density at radius 3 is 2.58 bits per heavy atom. The summed E-state index contributed by atoms with van der Waals surface area (Å²) >= 11 is 3.37. The van der Waals surface area contributed by atoms with E-state index < -0.39 is 5.97 Å². The van der Waals surface area contributed by atoms with Crippen molar-refractivity contribution in [1.29, 1.82) is 0 Å². The number of esters is 1. The summed E-state index contributed by atoms with van der Waals surface area (Å²) in [5.74, 6) is -0.396. The molecule has 2 aromatic rings. The third kappa shape index (κ3) is 2.84. The molecule has 19 heavy (non-hydrogen) atoms. The molecule has 5 nitrogen and oxygen atoms in total. The maximum Gasteiger partial charge on any atom is 0.359 e. The van der Waals surface area contributed by atoms with Crippen LogP contribution in [0.2, 0.25) is 0 Å². The van der Waals surface area contributed by atoms with Crippen LogP contribution < -0.4 is 0 Å². The van der Waals surface area contributed by atoms with E-state index in [2.05, 4.69) is 26.2 Å². The average molecular weight is 324 g/mol. The first-order valence-electron chi connectivity index (χ1n) is 6.05. The number of rotatable bonds is 4. The van der Waals surface area contributed by atoms with Crippen LogP contribution in [-0.4, -0.2) is 27.6 Å². The highest BCUT2D eigenvalue weighted by molar-refractivity contribution is 9.10. The lowest BCUT2D eigenvalue weighted by Crippen LogP contribution is -2.13. The number of carbonyl (C=O) groups is 1. The largest absolute Gasteiger partial charge is 0.461 e. The van der Waals surface area contributed by atoms with Gasteiger partial charge in [-0.2, -0.15) is 0 Å². The summed E-state index contributed by atoms with van der Waals surface area (Å²) in [6.07, 6.45) is 0.630. The van der Waals surface area contributed by atoms with Crippen LogP contribution in [0.5, 0.6) is 0 Å². The van der Waals surface area contributed by atoms with Crippen LogP contribution in [0.1, 0.15) is 30.0 Å². The highest BCUT2D eigenvalue weighted by Crippen LogP contribution is 2.17. The fraction of sp³-hybridized carbons (Fsp3) is 0.308. The van der Waals surface area contributed by atoms with Crippen molar-refractivity contribution in [1.82, 2.24) is 15.0 Å². The monoisotopic (exact) mass is 323 g/mol. The number of hydrogen-bond donors (Lipinski definition) is 0. The van der Waals surface area contributed by atoms with E-state index in [0.717, 1.165) is 10.2 Å². The third-order valence-corrected chi connectivity index (χ3v) is 3.14. The normalized spacial score (nSPS) is 10.5. The van der Waals surface area contributed by atoms with Crippen molar-refractivity contribution in [2.24, 2.45) is 0 Å². The van der Waals surface area contributed by atoms with Gasteiger partial charge in [-0.05, 0) is 37.6 Å². The molecule has 0 radical (unpaired) electrons. The molecule has 0 fully saturated rings. The van der Waals surface area contributed by atoms with E-state index in [9.17, 15) is 4.79 Å². The van der Waals surface area contributed by atoms with Gasteiger partial charge >= 0.3 is 5.97 Å². The highest BCUT2D eigenvalue weighted by Gasteiger charge is 2.21. The van der Waals surface area contributed by atoms with Crippen LogP contribution >= 0.6 is 15.9 Å². The van der Waals surface area contributed by atoms with Crippen LogP contribution in [-0.2, 0) is 11.2 Å². The van der Waals surface area contributed by atoms with Crippen LogP contribution in [0, 0.1) is 0 Å². The maximum atomic E-state index is 12.0. The molecule has 100 valence electrons. The van der Waals surface area contributed by atoms with Crippen molar-refractivity contribution in [3.05, 3.63) is 40.1 Å². The van der Waals surface area contributed by atoms with Crippen LogP contribution in [0.4, 0.5) is 0 Å². The van der Waals surface area contributed by atoms with Gasteiger partial charge in [-0.25, -0.2) is 9.48 Å². The average Bonchev–Trinajstić information content (AvgIpc) is 2.83. The fourth-order valence-corrected chi connectivity index (χ4v) is 1.98. The number of ether oxygens (including phenoxy) is 1. The SMILES string of the molecule is CCOC(=O)c1c(CC)nnn1-c1ccc(Br)cc1. The Labute approximate surface area is 119 Å². The smallest absolute Gasteiger partial charge is 0.359 e. The highest BCUT2D eigenvalue weighted by atomic mass is 79.9. The van der Waals surface area contributed by atoms with E-state index in [1.165, 1.54) is 4.68 Å². The van der Waals surface area contributed by atoms with Crippen molar-refractivity contribution in [3.8, 4) is 5.69 Å². The Hall–Kier alpha value is -1.69. The van der Waals surface area contributed by atoms with Gasteiger partial charge in [0.1, 0.15) is 0 Å². The summed E-state index contributed by atoms with van der Waals surface area (Å²) in [6.45, 7) is 4.03. The van der Waals surface area contributed by atoms with Gasteiger partial charge in [0.25, 0.3) is 0 Å². The maximum absolute atomic E-state index is 12.0. The van der Waals surface area contributed by atoms with Gasteiger partial charge in [0.2, 0.25) is 0 Å². The van der Waals surface area contributed by atoms with Gasteiger partial charge < -0.3 is 4.74 Å². The molecule has 0 bridgehead atoms. The van der Waals surface area contributed by atoms with Gasteiger partial charge in [-0.1, -0.05) is 28.1 Å². The second kappa shape index (κ2) is 5.97. The molecule has 1 heterocycles. The minimum atomic E-state index is -0.396. The summed E-state index contributed by atoms with van der Waals surface area (Å²) in [7, 11) is 0. The first-order chi connectivity index (χ1) is 9.17. The molecule has 1 aromatic heterocycles. The van der Waals surface area contributed by atoms with Crippen molar-refractivity contribution in [3.63, 3.8) is 0 Å². The zero-order valence-electron chi connectivity index (χ0n) is 10.8. The fourth-order valence-electron chi connectivity index (χ4n) is 1.72. The summed E-state index contributed by atoms with van der Waals surface area (Å²) in [4.78, 5) is 12.0. The molecule has 0 saturated carbocycles. The van der Waals surface area contributed by atoms with E-state index in [4.69, 9.17) is 4.74 Å². The Bertz CT molecular complexity index is 578. The lowest BCUT2D eigenvalue weighted by atomic mass is 10.2. The second-order valence-electron chi connectivity index (χ2n) is 3.85. The van der Waals surface area contributed by atoms with E-state index in [0.29, 0.717) is 24.4 Å². The van der Waals surface area contributed by atoms with Crippen LogP contribution in [0.3, 0.4) is 0 Å². The van der Waals surface area contributed by atoms with Crippen LogP contribution in [0.15, 0.2) is 28.7 Å². The van der Waals surface area contributed by atoms with E-state index in [1.54, 1.807) is 6.92 Å². The number of aromatic nitrogens is 3. The second-order valence-corrected chi connectivity index (χ2v) is 4.76. The predicted molar refractivity (Wildman–Crippen MR) is 74.4 cm³/mol. The molecule has 0 aliphatic carbocycles. The van der Waals surface area contributed by atoms with Crippen molar-refractivity contribution >= 4 is 21.9 Å². The molecule has 0 atom stereocenters. The zero-order valence-corrected chi connectivity index (χ0v) is 12.3. The quantitative estimate of drug-likeness (QED) is 0.812. The number of benzene rings is 1. The van der Waals surface area contributed by atoms with E-state index in [-0.39, 0.29) is 0 Å². The zero-order chi connectivity index (χ0) is 13.8. The van der Waals surface area contributed by atoms with Crippen molar-refractivity contribution < 1.29 is 9.53 Å². The van der Waals surface area contributed by atoms with Crippen molar-refractivity contribution in [2.45, 2.75) is 20.3 Å². The standard InChI is InChI=1S/C13H14BrN3O2/c1-3-11-12(13(18)19-4-2)17(16-15-11)10-7-5-9(14)6-8-10/h5-8H,3-4H2,1-2H3. The first-order valence-corrected chi connectivity index (χ1v) is 6.84. The third-order valence-electron chi connectivity index (χ3n) is 2.61. The number of aryl methyl sites for hydroxylation is 1. The molecule has 0 amide bonds. The van der Waals surface area contributed by atoms with Gasteiger partial charge in [-0.15, -0.1) is 5.10 Å². The summed E-state index contributed by atoms with van der Waals surface area (Å²) in [5.41, 5.74) is 1.81. The minimum Gasteiger partial charge on any atom is -0.461 e. The molecule has 0 aliphatic rings. The minimum absolute atomic E-state index is 0.327. The molecule has 2 rings (SSSR count). The van der Waals surface area contributed by atoms with Gasteiger partial charge in [0.15, 0.2) is 5.69 Å². The lowest BCUT2D eigenvalue weighted by Gasteiger charge is -2.07. The Balaban J connectivity index is 2.48. The Morgan fingerprint density at radius 2 is 2.00 bits per heavy atom.